The smallest absolute Gasteiger partial charge is 0.175 e. The Morgan fingerprint density at radius 2 is 1.83 bits per heavy atom. The molecule has 0 aliphatic carbocycles. The summed E-state index contributed by atoms with van der Waals surface area (Å²) in [6.45, 7) is 6.44. The van der Waals surface area contributed by atoms with Gasteiger partial charge in [-0.1, -0.05) is 18.2 Å². The molecule has 0 radical (unpaired) electrons. The summed E-state index contributed by atoms with van der Waals surface area (Å²) in [4.78, 5) is 0. The van der Waals surface area contributed by atoms with E-state index in [0.717, 1.165) is 27.1 Å². The van der Waals surface area contributed by atoms with E-state index in [1.165, 1.54) is 6.07 Å². The van der Waals surface area contributed by atoms with Crippen molar-refractivity contribution < 1.29 is 13.9 Å². The highest BCUT2D eigenvalue weighted by atomic mass is 79.9. The Morgan fingerprint density at radius 3 is 2.54 bits per heavy atom. The highest BCUT2D eigenvalue weighted by molar-refractivity contribution is 9.10. The van der Waals surface area contributed by atoms with Gasteiger partial charge in [0.15, 0.2) is 11.5 Å². The molecule has 0 fully saturated rings. The molecule has 3 nitrogen and oxygen atoms in total. The minimum absolute atomic E-state index is 0.151. The van der Waals surface area contributed by atoms with E-state index in [0.29, 0.717) is 32.7 Å². The first-order valence-electron chi connectivity index (χ1n) is 8.17. The van der Waals surface area contributed by atoms with E-state index < -0.39 is 0 Å². The van der Waals surface area contributed by atoms with Gasteiger partial charge in [-0.2, -0.15) is 0 Å². The van der Waals surface area contributed by atoms with Gasteiger partial charge in [0.2, 0.25) is 0 Å². The van der Waals surface area contributed by atoms with Crippen molar-refractivity contribution in [2.45, 2.75) is 26.8 Å². The maximum atomic E-state index is 13.6. The van der Waals surface area contributed by atoms with E-state index in [4.69, 9.17) is 9.47 Å². The summed E-state index contributed by atoms with van der Waals surface area (Å²) in [5.41, 5.74) is 1.81. The molecule has 0 aliphatic heterocycles. The minimum atomic E-state index is -0.151. The molecule has 1 N–H and O–H groups in total. The second-order valence-electron chi connectivity index (χ2n) is 5.29. The number of nitrogens with one attached hydrogen (secondary N) is 1. The third-order valence-electron chi connectivity index (χ3n) is 3.52. The van der Waals surface area contributed by atoms with Gasteiger partial charge in [-0.15, -0.1) is 0 Å². The molecular formula is C19H23BrFNO2. The van der Waals surface area contributed by atoms with Crippen molar-refractivity contribution in [2.75, 3.05) is 19.8 Å². The number of ether oxygens (including phenoxy) is 2. The maximum absolute atomic E-state index is 13.6. The zero-order valence-electron chi connectivity index (χ0n) is 14.1. The van der Waals surface area contributed by atoms with E-state index in [9.17, 15) is 4.39 Å². The molecular weight excluding hydrogens is 373 g/mol. The molecule has 0 bridgehead atoms. The van der Waals surface area contributed by atoms with Crippen LogP contribution >= 0.6 is 15.9 Å². The zero-order chi connectivity index (χ0) is 17.4. The van der Waals surface area contributed by atoms with Crippen molar-refractivity contribution in [1.82, 2.24) is 5.32 Å². The Bertz CT molecular complexity index is 664. The monoisotopic (exact) mass is 395 g/mol. The average Bonchev–Trinajstić information content (AvgIpc) is 2.56. The summed E-state index contributed by atoms with van der Waals surface area (Å²) >= 11 is 3.54. The van der Waals surface area contributed by atoms with Crippen LogP contribution in [0.15, 0.2) is 40.9 Å². The predicted octanol–water partition coefficient (Wildman–Crippen LogP) is 4.72. The fourth-order valence-electron chi connectivity index (χ4n) is 2.43. The molecule has 0 saturated heterocycles. The van der Waals surface area contributed by atoms with Gasteiger partial charge in [0.25, 0.3) is 0 Å². The van der Waals surface area contributed by atoms with Crippen LogP contribution in [0.25, 0.3) is 0 Å². The molecule has 0 saturated carbocycles. The van der Waals surface area contributed by atoms with Gasteiger partial charge in [0, 0.05) is 6.54 Å². The maximum Gasteiger partial charge on any atom is 0.175 e. The van der Waals surface area contributed by atoms with Crippen molar-refractivity contribution in [2.24, 2.45) is 0 Å². The van der Waals surface area contributed by atoms with Crippen LogP contribution in [-0.2, 0) is 13.0 Å². The van der Waals surface area contributed by atoms with Crippen LogP contribution in [0.4, 0.5) is 4.39 Å². The summed E-state index contributed by atoms with van der Waals surface area (Å²) in [5.74, 6) is 1.32. The standard InChI is InChI=1S/C19H23BrFNO2/c1-3-23-18-12-14(11-16(20)19(18)24-4-2)13-22-10-9-15-7-5-6-8-17(15)21/h5-8,11-12,22H,3-4,9-10,13H2,1-2H3. The van der Waals surface area contributed by atoms with Crippen molar-refractivity contribution in [1.29, 1.82) is 0 Å². The molecule has 0 amide bonds. The third kappa shape index (κ3) is 5.21. The topological polar surface area (TPSA) is 30.5 Å². The molecule has 0 aromatic heterocycles. The molecule has 5 heteroatoms. The quantitative estimate of drug-likeness (QED) is 0.623. The molecule has 0 heterocycles. The largest absolute Gasteiger partial charge is 0.490 e. The van der Waals surface area contributed by atoms with Gasteiger partial charge in [-0.05, 0) is 72.1 Å². The fraction of sp³-hybridized carbons (Fsp3) is 0.368. The number of hydrogen-bond donors (Lipinski definition) is 1. The van der Waals surface area contributed by atoms with Crippen LogP contribution in [-0.4, -0.2) is 19.8 Å². The SMILES string of the molecule is CCOc1cc(CNCCc2ccccc2F)cc(Br)c1OCC. The first-order valence-corrected chi connectivity index (χ1v) is 8.97. The lowest BCUT2D eigenvalue weighted by atomic mass is 10.1. The number of hydrogen-bond acceptors (Lipinski definition) is 3. The Morgan fingerprint density at radius 1 is 1.08 bits per heavy atom. The number of halogens is 2. The fourth-order valence-corrected chi connectivity index (χ4v) is 3.03. The van der Waals surface area contributed by atoms with E-state index in [1.54, 1.807) is 6.07 Å². The highest BCUT2D eigenvalue weighted by Crippen LogP contribution is 2.36. The van der Waals surface area contributed by atoms with E-state index in [1.807, 2.05) is 38.1 Å². The van der Waals surface area contributed by atoms with Gasteiger partial charge in [-0.3, -0.25) is 0 Å². The van der Waals surface area contributed by atoms with Gasteiger partial charge in [0.1, 0.15) is 5.82 Å². The summed E-state index contributed by atoms with van der Waals surface area (Å²) in [6.07, 6.45) is 0.656. The van der Waals surface area contributed by atoms with Crippen molar-refractivity contribution >= 4 is 15.9 Å². The first-order chi connectivity index (χ1) is 11.7. The first kappa shape index (κ1) is 18.7. The zero-order valence-corrected chi connectivity index (χ0v) is 15.7. The van der Waals surface area contributed by atoms with E-state index >= 15 is 0 Å². The van der Waals surface area contributed by atoms with Gasteiger partial charge >= 0.3 is 0 Å². The summed E-state index contributed by atoms with van der Waals surface area (Å²) < 4.78 is 25.8. The van der Waals surface area contributed by atoms with Gasteiger partial charge in [0.05, 0.1) is 17.7 Å². The molecule has 2 aromatic rings. The summed E-state index contributed by atoms with van der Waals surface area (Å²) in [6, 6.07) is 10.9. The van der Waals surface area contributed by atoms with Crippen molar-refractivity contribution in [3.05, 3.63) is 57.8 Å². The van der Waals surface area contributed by atoms with Crippen LogP contribution in [0.2, 0.25) is 0 Å². The lowest BCUT2D eigenvalue weighted by Crippen LogP contribution is -2.17. The van der Waals surface area contributed by atoms with Crippen LogP contribution in [0.5, 0.6) is 11.5 Å². The molecule has 2 aromatic carbocycles. The highest BCUT2D eigenvalue weighted by Gasteiger charge is 2.11. The Balaban J connectivity index is 1.96. The number of benzene rings is 2. The summed E-state index contributed by atoms with van der Waals surface area (Å²) in [7, 11) is 0. The molecule has 0 unspecified atom stereocenters. The van der Waals surface area contributed by atoms with E-state index in [-0.39, 0.29) is 5.82 Å². The Labute approximate surface area is 151 Å². The lowest BCUT2D eigenvalue weighted by molar-refractivity contribution is 0.286. The van der Waals surface area contributed by atoms with Crippen molar-refractivity contribution in [3.63, 3.8) is 0 Å². The molecule has 24 heavy (non-hydrogen) atoms. The third-order valence-corrected chi connectivity index (χ3v) is 4.10. The van der Waals surface area contributed by atoms with Crippen LogP contribution in [0.3, 0.4) is 0 Å². The van der Waals surface area contributed by atoms with Gasteiger partial charge < -0.3 is 14.8 Å². The molecule has 130 valence electrons. The average molecular weight is 396 g/mol. The molecule has 0 atom stereocenters. The predicted molar refractivity (Wildman–Crippen MR) is 98.3 cm³/mol. The lowest BCUT2D eigenvalue weighted by Gasteiger charge is -2.15. The molecule has 0 spiro atoms. The molecule has 2 rings (SSSR count). The second kappa shape index (κ2) is 9.64. The van der Waals surface area contributed by atoms with Crippen molar-refractivity contribution in [3.8, 4) is 11.5 Å². The van der Waals surface area contributed by atoms with Crippen LogP contribution in [0, 0.1) is 5.82 Å². The normalized spacial score (nSPS) is 10.7. The molecule has 0 aliphatic rings. The second-order valence-corrected chi connectivity index (χ2v) is 6.14. The van der Waals surface area contributed by atoms with Crippen LogP contribution < -0.4 is 14.8 Å². The van der Waals surface area contributed by atoms with Gasteiger partial charge in [-0.25, -0.2) is 4.39 Å². The van der Waals surface area contributed by atoms with E-state index in [2.05, 4.69) is 21.2 Å². The number of rotatable bonds is 9. The summed E-state index contributed by atoms with van der Waals surface area (Å²) in [5, 5.41) is 3.34. The Kier molecular flexibility index (Phi) is 7.53. The minimum Gasteiger partial charge on any atom is -0.490 e. The van der Waals surface area contributed by atoms with Crippen LogP contribution in [0.1, 0.15) is 25.0 Å². The Hall–Kier alpha value is -1.59.